The third-order valence-corrected chi connectivity index (χ3v) is 3.79. The molecule has 0 radical (unpaired) electrons. The van der Waals surface area contributed by atoms with Gasteiger partial charge >= 0.3 is 0 Å². The van der Waals surface area contributed by atoms with Gasteiger partial charge in [-0.3, -0.25) is 14.8 Å². The lowest BCUT2D eigenvalue weighted by Crippen LogP contribution is -1.87. The number of rotatable bonds is 3. The highest BCUT2D eigenvalue weighted by atomic mass is 15.3. The molecule has 0 amide bonds. The maximum Gasteiger partial charge on any atom is 0.100 e. The molecule has 1 aromatic carbocycles. The Bertz CT molecular complexity index is 906. The summed E-state index contributed by atoms with van der Waals surface area (Å²) >= 11 is 0. The van der Waals surface area contributed by atoms with E-state index in [0.717, 1.165) is 33.6 Å². The van der Waals surface area contributed by atoms with E-state index in [9.17, 15) is 0 Å². The molecule has 3 heterocycles. The third-order valence-electron chi connectivity index (χ3n) is 3.79. The highest BCUT2D eigenvalue weighted by molar-refractivity contribution is 5.81. The second-order valence-corrected chi connectivity index (χ2v) is 5.35. The lowest BCUT2D eigenvalue weighted by Gasteiger charge is -2.04. The van der Waals surface area contributed by atoms with Crippen LogP contribution in [-0.2, 0) is 7.05 Å². The summed E-state index contributed by atoms with van der Waals surface area (Å²) in [5, 5.41) is 11.6. The van der Waals surface area contributed by atoms with Crippen molar-refractivity contribution in [1.82, 2.24) is 25.0 Å². The number of hydrogen-bond acceptors (Lipinski definition) is 3. The topological polar surface area (TPSA) is 59.4 Å². The van der Waals surface area contributed by atoms with Crippen molar-refractivity contribution in [2.24, 2.45) is 7.05 Å². The molecule has 23 heavy (non-hydrogen) atoms. The first-order valence-electron chi connectivity index (χ1n) is 7.35. The van der Waals surface area contributed by atoms with E-state index < -0.39 is 0 Å². The van der Waals surface area contributed by atoms with E-state index >= 15 is 0 Å². The SMILES string of the molecule is Cn1cc(-c2ccc(-c3ccn[nH]3)cc2)c(-c2ccncc2)n1. The molecule has 0 saturated heterocycles. The molecule has 0 spiro atoms. The molecule has 0 fully saturated rings. The standard InChI is InChI=1S/C18H15N5/c1-23-12-16(18(22-23)15-6-9-19-10-7-15)13-2-4-14(5-3-13)17-8-11-20-21-17/h2-12H,1H3,(H,20,21). The highest BCUT2D eigenvalue weighted by Gasteiger charge is 2.12. The van der Waals surface area contributed by atoms with Crippen molar-refractivity contribution < 1.29 is 0 Å². The molecular formula is C18H15N5. The second kappa shape index (κ2) is 5.53. The predicted octanol–water partition coefficient (Wildman–Crippen LogP) is 3.54. The summed E-state index contributed by atoms with van der Waals surface area (Å²) in [5.74, 6) is 0. The van der Waals surface area contributed by atoms with Crippen molar-refractivity contribution in [2.75, 3.05) is 0 Å². The smallest absolute Gasteiger partial charge is 0.100 e. The first-order chi connectivity index (χ1) is 11.3. The largest absolute Gasteiger partial charge is 0.278 e. The van der Waals surface area contributed by atoms with Gasteiger partial charge in [-0.2, -0.15) is 10.2 Å². The zero-order valence-electron chi connectivity index (χ0n) is 12.6. The van der Waals surface area contributed by atoms with Gasteiger partial charge in [-0.25, -0.2) is 0 Å². The summed E-state index contributed by atoms with van der Waals surface area (Å²) in [5.41, 5.74) is 6.39. The van der Waals surface area contributed by atoms with Crippen molar-refractivity contribution in [3.63, 3.8) is 0 Å². The Labute approximate surface area is 133 Å². The molecule has 5 heteroatoms. The van der Waals surface area contributed by atoms with Crippen molar-refractivity contribution in [3.05, 3.63) is 67.3 Å². The number of aryl methyl sites for hydroxylation is 1. The van der Waals surface area contributed by atoms with Crippen LogP contribution in [0.15, 0.2) is 67.3 Å². The molecule has 4 rings (SSSR count). The molecule has 0 aliphatic rings. The number of pyridine rings is 1. The lowest BCUT2D eigenvalue weighted by molar-refractivity contribution is 0.771. The van der Waals surface area contributed by atoms with Gasteiger partial charge in [0.1, 0.15) is 5.69 Å². The van der Waals surface area contributed by atoms with E-state index in [0.29, 0.717) is 0 Å². The number of nitrogens with one attached hydrogen (secondary N) is 1. The Morgan fingerprint density at radius 1 is 0.826 bits per heavy atom. The van der Waals surface area contributed by atoms with Crippen LogP contribution in [0.1, 0.15) is 0 Å². The van der Waals surface area contributed by atoms with Gasteiger partial charge in [-0.15, -0.1) is 0 Å². The molecule has 0 aliphatic heterocycles. The van der Waals surface area contributed by atoms with Crippen LogP contribution in [0.2, 0.25) is 0 Å². The summed E-state index contributed by atoms with van der Waals surface area (Å²) in [7, 11) is 1.94. The molecule has 0 bridgehead atoms. The minimum Gasteiger partial charge on any atom is -0.278 e. The molecule has 0 saturated carbocycles. The summed E-state index contributed by atoms with van der Waals surface area (Å²) < 4.78 is 1.84. The van der Waals surface area contributed by atoms with Crippen LogP contribution in [0.4, 0.5) is 0 Å². The van der Waals surface area contributed by atoms with Crippen LogP contribution in [0.25, 0.3) is 33.6 Å². The quantitative estimate of drug-likeness (QED) is 0.629. The van der Waals surface area contributed by atoms with E-state index in [-0.39, 0.29) is 0 Å². The number of hydrogen-bond donors (Lipinski definition) is 1. The molecule has 0 unspecified atom stereocenters. The van der Waals surface area contributed by atoms with Crippen LogP contribution >= 0.6 is 0 Å². The zero-order valence-corrected chi connectivity index (χ0v) is 12.6. The van der Waals surface area contributed by atoms with Gasteiger partial charge in [0.05, 0.1) is 5.69 Å². The van der Waals surface area contributed by atoms with Gasteiger partial charge in [0.25, 0.3) is 0 Å². The zero-order chi connectivity index (χ0) is 15.6. The van der Waals surface area contributed by atoms with Gasteiger partial charge in [0.15, 0.2) is 0 Å². The molecule has 0 atom stereocenters. The maximum absolute atomic E-state index is 4.60. The minimum atomic E-state index is 0.962. The molecular weight excluding hydrogens is 286 g/mol. The van der Waals surface area contributed by atoms with Gasteiger partial charge in [-0.05, 0) is 29.3 Å². The van der Waals surface area contributed by atoms with E-state index in [1.165, 1.54) is 0 Å². The van der Waals surface area contributed by atoms with Gasteiger partial charge in [-0.1, -0.05) is 24.3 Å². The van der Waals surface area contributed by atoms with E-state index in [1.807, 2.05) is 36.1 Å². The third kappa shape index (κ3) is 2.53. The van der Waals surface area contributed by atoms with Gasteiger partial charge in [0.2, 0.25) is 0 Å². The van der Waals surface area contributed by atoms with Crippen molar-refractivity contribution >= 4 is 0 Å². The minimum absolute atomic E-state index is 0.962. The average molecular weight is 301 g/mol. The molecule has 5 nitrogen and oxygen atoms in total. The molecule has 112 valence electrons. The van der Waals surface area contributed by atoms with Gasteiger partial charge in [0, 0.05) is 43.0 Å². The Kier molecular flexibility index (Phi) is 3.24. The second-order valence-electron chi connectivity index (χ2n) is 5.35. The average Bonchev–Trinajstić information content (AvgIpc) is 3.25. The van der Waals surface area contributed by atoms with Crippen molar-refractivity contribution in [2.45, 2.75) is 0 Å². The molecule has 4 aromatic rings. The fraction of sp³-hybridized carbons (Fsp3) is 0.0556. The monoisotopic (exact) mass is 301 g/mol. The summed E-state index contributed by atoms with van der Waals surface area (Å²) in [6, 6.07) is 14.3. The molecule has 1 N–H and O–H groups in total. The summed E-state index contributed by atoms with van der Waals surface area (Å²) in [4.78, 5) is 4.08. The Morgan fingerprint density at radius 2 is 1.57 bits per heavy atom. The Morgan fingerprint density at radius 3 is 2.26 bits per heavy atom. The van der Waals surface area contributed by atoms with Crippen LogP contribution in [0.3, 0.4) is 0 Å². The van der Waals surface area contributed by atoms with E-state index in [1.54, 1.807) is 18.6 Å². The lowest BCUT2D eigenvalue weighted by atomic mass is 10.0. The maximum atomic E-state index is 4.60. The number of H-pyrrole nitrogens is 1. The van der Waals surface area contributed by atoms with Crippen LogP contribution in [0, 0.1) is 0 Å². The Balaban J connectivity index is 1.77. The summed E-state index contributed by atoms with van der Waals surface area (Å²) in [6.07, 6.45) is 7.37. The molecule has 3 aromatic heterocycles. The first kappa shape index (κ1) is 13.5. The van der Waals surface area contributed by atoms with E-state index in [2.05, 4.69) is 44.5 Å². The van der Waals surface area contributed by atoms with Gasteiger partial charge < -0.3 is 0 Å². The first-order valence-corrected chi connectivity index (χ1v) is 7.35. The molecule has 0 aliphatic carbocycles. The van der Waals surface area contributed by atoms with Crippen LogP contribution < -0.4 is 0 Å². The highest BCUT2D eigenvalue weighted by Crippen LogP contribution is 2.31. The normalized spacial score (nSPS) is 10.8. The summed E-state index contributed by atoms with van der Waals surface area (Å²) in [6.45, 7) is 0. The number of aromatic amines is 1. The predicted molar refractivity (Wildman–Crippen MR) is 89.5 cm³/mol. The van der Waals surface area contributed by atoms with E-state index in [4.69, 9.17) is 0 Å². The van der Waals surface area contributed by atoms with Crippen LogP contribution in [-0.4, -0.2) is 25.0 Å². The number of nitrogens with zero attached hydrogens (tertiary/aromatic N) is 4. The van der Waals surface area contributed by atoms with Crippen LogP contribution in [0.5, 0.6) is 0 Å². The van der Waals surface area contributed by atoms with Crippen molar-refractivity contribution in [3.8, 4) is 33.6 Å². The fourth-order valence-electron chi connectivity index (χ4n) is 2.67. The van der Waals surface area contributed by atoms with Crippen molar-refractivity contribution in [1.29, 1.82) is 0 Å². The number of benzene rings is 1. The fourth-order valence-corrected chi connectivity index (χ4v) is 2.67. The number of aromatic nitrogens is 5. The Hall–Kier alpha value is -3.21.